The van der Waals surface area contributed by atoms with Crippen LogP contribution in [0.25, 0.3) is 0 Å². The van der Waals surface area contributed by atoms with Crippen LogP contribution >= 0.6 is 23.2 Å². The average Bonchev–Trinajstić information content (AvgIpc) is 2.04. The molecule has 0 aliphatic heterocycles. The van der Waals surface area contributed by atoms with E-state index in [1.54, 1.807) is 30.3 Å². The second kappa shape index (κ2) is 3.46. The Morgan fingerprint density at radius 2 is 1.54 bits per heavy atom. The normalized spacial score (nSPS) is 13.0. The van der Waals surface area contributed by atoms with Gasteiger partial charge in [-0.2, -0.15) is 0 Å². The number of hydrogen-bond acceptors (Lipinski definition) is 2. The van der Waals surface area contributed by atoms with E-state index in [-0.39, 0.29) is 5.56 Å². The number of aliphatic hydroxyl groups is 2. The van der Waals surface area contributed by atoms with E-state index in [1.165, 1.54) is 6.92 Å². The molecule has 0 saturated carbocycles. The predicted molar refractivity (Wildman–Crippen MR) is 52.7 cm³/mol. The third kappa shape index (κ3) is 2.15. The lowest BCUT2D eigenvalue weighted by atomic mass is 10.0. The summed E-state index contributed by atoms with van der Waals surface area (Å²) in [4.78, 5) is 0. The Labute approximate surface area is 86.7 Å². The van der Waals surface area contributed by atoms with Gasteiger partial charge in [0.15, 0.2) is 4.33 Å². The van der Waals surface area contributed by atoms with Gasteiger partial charge in [-0.05, 0) is 6.92 Å². The van der Waals surface area contributed by atoms with E-state index in [2.05, 4.69) is 0 Å². The molecule has 0 spiro atoms. The van der Waals surface area contributed by atoms with Crippen LogP contribution in [0.15, 0.2) is 30.3 Å². The number of halogens is 2. The molecule has 1 aromatic carbocycles. The second-order valence-electron chi connectivity index (χ2n) is 2.93. The molecule has 0 unspecified atom stereocenters. The summed E-state index contributed by atoms with van der Waals surface area (Å²) < 4.78 is -1.64. The minimum absolute atomic E-state index is 0.266. The molecular formula is C9H10Cl2O2. The van der Waals surface area contributed by atoms with Crippen LogP contribution in [0.2, 0.25) is 0 Å². The van der Waals surface area contributed by atoms with Gasteiger partial charge in [0, 0.05) is 5.56 Å². The predicted octanol–water partition coefficient (Wildman–Crippen LogP) is 2.02. The van der Waals surface area contributed by atoms with Gasteiger partial charge >= 0.3 is 0 Å². The highest BCUT2D eigenvalue weighted by molar-refractivity contribution is 6.48. The van der Waals surface area contributed by atoms with Crippen molar-refractivity contribution in [2.24, 2.45) is 0 Å². The maximum Gasteiger partial charge on any atom is 0.223 e. The van der Waals surface area contributed by atoms with Gasteiger partial charge in [0.25, 0.3) is 0 Å². The summed E-state index contributed by atoms with van der Waals surface area (Å²) in [6.07, 6.45) is 0. The maximum atomic E-state index is 9.61. The van der Waals surface area contributed by atoms with E-state index < -0.39 is 10.1 Å². The highest BCUT2D eigenvalue weighted by Crippen LogP contribution is 2.38. The van der Waals surface area contributed by atoms with Crippen molar-refractivity contribution in [3.63, 3.8) is 0 Å². The Morgan fingerprint density at radius 3 is 1.92 bits per heavy atom. The highest BCUT2D eigenvalue weighted by Gasteiger charge is 2.44. The summed E-state index contributed by atoms with van der Waals surface area (Å²) in [6, 6.07) is 8.21. The van der Waals surface area contributed by atoms with Gasteiger partial charge in [0.2, 0.25) is 5.79 Å². The third-order valence-corrected chi connectivity index (χ3v) is 2.32. The fraction of sp³-hybridized carbons (Fsp3) is 0.333. The van der Waals surface area contributed by atoms with Crippen molar-refractivity contribution in [2.45, 2.75) is 17.0 Å². The first kappa shape index (κ1) is 10.8. The quantitative estimate of drug-likeness (QED) is 0.592. The van der Waals surface area contributed by atoms with Crippen molar-refractivity contribution >= 4 is 23.2 Å². The van der Waals surface area contributed by atoms with Crippen LogP contribution in [0.3, 0.4) is 0 Å². The number of rotatable bonds is 2. The van der Waals surface area contributed by atoms with E-state index in [0.29, 0.717) is 0 Å². The van der Waals surface area contributed by atoms with Crippen molar-refractivity contribution in [1.29, 1.82) is 0 Å². The monoisotopic (exact) mass is 220 g/mol. The lowest BCUT2D eigenvalue weighted by Crippen LogP contribution is -2.41. The first-order chi connectivity index (χ1) is 5.86. The summed E-state index contributed by atoms with van der Waals surface area (Å²) >= 11 is 11.2. The molecule has 0 radical (unpaired) electrons. The Morgan fingerprint density at radius 1 is 1.08 bits per heavy atom. The zero-order valence-corrected chi connectivity index (χ0v) is 8.55. The largest absolute Gasteiger partial charge is 0.360 e. The SMILES string of the molecule is CC(Cl)(Cl)C(O)(O)c1ccccc1. The molecule has 0 amide bonds. The van der Waals surface area contributed by atoms with Crippen LogP contribution in [0.4, 0.5) is 0 Å². The fourth-order valence-electron chi connectivity index (χ4n) is 0.924. The summed E-state index contributed by atoms with van der Waals surface area (Å²) in [6.45, 7) is 1.32. The van der Waals surface area contributed by atoms with Crippen LogP contribution in [0.1, 0.15) is 12.5 Å². The molecule has 1 rings (SSSR count). The van der Waals surface area contributed by atoms with Crippen molar-refractivity contribution in [3.8, 4) is 0 Å². The number of alkyl halides is 2. The zero-order valence-electron chi connectivity index (χ0n) is 7.04. The molecule has 0 bridgehead atoms. The van der Waals surface area contributed by atoms with Gasteiger partial charge in [-0.3, -0.25) is 0 Å². The smallest absolute Gasteiger partial charge is 0.223 e. The molecule has 0 atom stereocenters. The first-order valence-electron chi connectivity index (χ1n) is 3.74. The molecule has 0 fully saturated rings. The molecule has 2 N–H and O–H groups in total. The van der Waals surface area contributed by atoms with Gasteiger partial charge in [0.1, 0.15) is 0 Å². The van der Waals surface area contributed by atoms with Gasteiger partial charge in [-0.25, -0.2) is 0 Å². The van der Waals surface area contributed by atoms with E-state index >= 15 is 0 Å². The van der Waals surface area contributed by atoms with Gasteiger partial charge in [-0.15, -0.1) is 0 Å². The minimum atomic E-state index is -2.24. The molecule has 72 valence electrons. The van der Waals surface area contributed by atoms with Crippen molar-refractivity contribution in [2.75, 3.05) is 0 Å². The van der Waals surface area contributed by atoms with Gasteiger partial charge in [0.05, 0.1) is 0 Å². The van der Waals surface area contributed by atoms with E-state index in [4.69, 9.17) is 23.2 Å². The Kier molecular flexibility index (Phi) is 2.88. The van der Waals surface area contributed by atoms with Crippen molar-refractivity contribution in [1.82, 2.24) is 0 Å². The topological polar surface area (TPSA) is 40.5 Å². The molecule has 0 aromatic heterocycles. The Balaban J connectivity index is 3.08. The molecule has 0 heterocycles. The maximum absolute atomic E-state index is 9.61. The van der Waals surface area contributed by atoms with Crippen LogP contribution in [0.5, 0.6) is 0 Å². The molecule has 0 aliphatic carbocycles. The van der Waals surface area contributed by atoms with Gasteiger partial charge in [-0.1, -0.05) is 53.5 Å². The molecule has 13 heavy (non-hydrogen) atoms. The van der Waals surface area contributed by atoms with Crippen molar-refractivity contribution < 1.29 is 10.2 Å². The fourth-order valence-corrected chi connectivity index (χ4v) is 1.14. The minimum Gasteiger partial charge on any atom is -0.360 e. The average molecular weight is 221 g/mol. The number of benzene rings is 1. The van der Waals surface area contributed by atoms with E-state index in [9.17, 15) is 10.2 Å². The Hall–Kier alpha value is -0.280. The van der Waals surface area contributed by atoms with Crippen LogP contribution in [0, 0.1) is 0 Å². The van der Waals surface area contributed by atoms with Crippen LogP contribution in [-0.2, 0) is 5.79 Å². The van der Waals surface area contributed by atoms with E-state index in [0.717, 1.165) is 0 Å². The van der Waals surface area contributed by atoms with Crippen molar-refractivity contribution in [3.05, 3.63) is 35.9 Å². The summed E-state index contributed by atoms with van der Waals surface area (Å²) in [5, 5.41) is 19.2. The highest BCUT2D eigenvalue weighted by atomic mass is 35.5. The molecule has 1 aromatic rings. The lowest BCUT2D eigenvalue weighted by molar-refractivity contribution is -0.177. The first-order valence-corrected chi connectivity index (χ1v) is 4.49. The zero-order chi connectivity index (χ0) is 10.1. The molecule has 0 aliphatic rings. The summed E-state index contributed by atoms with van der Waals surface area (Å²) in [5.74, 6) is -2.24. The van der Waals surface area contributed by atoms with E-state index in [1.807, 2.05) is 0 Å². The van der Waals surface area contributed by atoms with Crippen LogP contribution < -0.4 is 0 Å². The molecule has 0 saturated heterocycles. The second-order valence-corrected chi connectivity index (χ2v) is 4.63. The molecule has 2 nitrogen and oxygen atoms in total. The lowest BCUT2D eigenvalue weighted by Gasteiger charge is -2.31. The number of hydrogen-bond donors (Lipinski definition) is 2. The van der Waals surface area contributed by atoms with Crippen LogP contribution in [-0.4, -0.2) is 14.5 Å². The third-order valence-electron chi connectivity index (χ3n) is 1.79. The molecular weight excluding hydrogens is 211 g/mol. The summed E-state index contributed by atoms with van der Waals surface area (Å²) in [7, 11) is 0. The van der Waals surface area contributed by atoms with Gasteiger partial charge < -0.3 is 10.2 Å². The Bertz CT molecular complexity index is 277. The molecule has 4 heteroatoms. The standard InChI is InChI=1S/C9H10Cl2O2/c1-8(10,11)9(12,13)7-5-3-2-4-6-7/h2-6,12-13H,1H3. The summed E-state index contributed by atoms with van der Waals surface area (Å²) in [5.41, 5.74) is 0.266.